The largest absolute Gasteiger partial charge is 0.456 e. The Balaban J connectivity index is 0.000000111. The first kappa shape index (κ1) is 70.5. The van der Waals surface area contributed by atoms with Crippen molar-refractivity contribution in [1.29, 1.82) is 0 Å². The molecule has 6 heterocycles. The van der Waals surface area contributed by atoms with Crippen LogP contribution in [-0.2, 0) is 0 Å². The molecular weight excluding hydrogens is 1460 g/mol. The van der Waals surface area contributed by atoms with Gasteiger partial charge in [0.1, 0.15) is 33.5 Å². The van der Waals surface area contributed by atoms with Crippen LogP contribution in [0.3, 0.4) is 0 Å². The molecule has 23 aromatic rings. The number of hydrogen-bond acceptors (Lipinski definition) is 12. The molecule has 0 spiro atoms. The molecule has 0 radical (unpaired) electrons. The highest BCUT2D eigenvalue weighted by atomic mass is 16.3. The maximum atomic E-state index is 6.08. The van der Waals surface area contributed by atoms with E-state index in [1.54, 1.807) is 0 Å². The summed E-state index contributed by atoms with van der Waals surface area (Å²) in [5.41, 5.74) is 20.5. The second-order valence-electron chi connectivity index (χ2n) is 29.2. The third-order valence-corrected chi connectivity index (χ3v) is 21.6. The van der Waals surface area contributed by atoms with Gasteiger partial charge in [-0.3, -0.25) is 0 Å². The molecule has 12 heteroatoms. The van der Waals surface area contributed by atoms with Gasteiger partial charge in [0, 0.05) is 82.4 Å². The summed E-state index contributed by atoms with van der Waals surface area (Å²) >= 11 is 0. The van der Waals surface area contributed by atoms with E-state index in [0.29, 0.717) is 52.4 Å². The molecule has 0 atom stereocenters. The minimum absolute atomic E-state index is 0.615. The highest BCUT2D eigenvalue weighted by Gasteiger charge is 2.20. The van der Waals surface area contributed by atoms with Crippen LogP contribution in [0.5, 0.6) is 0 Å². The number of benzene rings is 17. The highest BCUT2D eigenvalue weighted by Crippen LogP contribution is 2.39. The lowest BCUT2D eigenvalue weighted by atomic mass is 10.0. The third kappa shape index (κ3) is 14.3. The lowest BCUT2D eigenvalue weighted by Gasteiger charge is -2.10. The summed E-state index contributed by atoms with van der Waals surface area (Å²) in [6, 6.07) is 138. The van der Waals surface area contributed by atoms with Gasteiger partial charge in [-0.1, -0.05) is 322 Å². The zero-order chi connectivity index (χ0) is 79.0. The smallest absolute Gasteiger partial charge is 0.164 e. The molecule has 23 rings (SSSR count). The predicted octanol–water partition coefficient (Wildman–Crippen LogP) is 27.6. The Bertz CT molecular complexity index is 7730. The van der Waals surface area contributed by atoms with Crippen LogP contribution in [0.4, 0.5) is 0 Å². The quantitative estimate of drug-likeness (QED) is 0.114. The van der Waals surface area contributed by atoms with Crippen molar-refractivity contribution in [1.82, 2.24) is 44.9 Å². The molecule has 0 N–H and O–H groups in total. The van der Waals surface area contributed by atoms with E-state index in [1.165, 1.54) is 16.3 Å². The molecule has 0 aliphatic heterocycles. The topological polar surface area (TPSA) is 155 Å². The molecule has 12 nitrogen and oxygen atoms in total. The van der Waals surface area contributed by atoms with Gasteiger partial charge in [0.25, 0.3) is 0 Å². The number of furan rings is 3. The van der Waals surface area contributed by atoms with Gasteiger partial charge < -0.3 is 13.3 Å². The predicted molar refractivity (Wildman–Crippen MR) is 482 cm³/mol. The van der Waals surface area contributed by atoms with Gasteiger partial charge in [-0.05, 0) is 140 Å². The van der Waals surface area contributed by atoms with Gasteiger partial charge in [-0.15, -0.1) is 0 Å². The van der Waals surface area contributed by atoms with E-state index in [0.717, 1.165) is 154 Å². The monoisotopic (exact) mass is 1530 g/mol. The zero-order valence-electron chi connectivity index (χ0n) is 63.9. The van der Waals surface area contributed by atoms with Crippen LogP contribution in [-0.4, -0.2) is 44.9 Å². The summed E-state index contributed by atoms with van der Waals surface area (Å²) in [5.74, 6) is 5.75. The van der Waals surface area contributed by atoms with Crippen LogP contribution in [0.15, 0.2) is 420 Å². The van der Waals surface area contributed by atoms with Crippen molar-refractivity contribution in [2.24, 2.45) is 0 Å². The number of para-hydroxylation sites is 3. The summed E-state index contributed by atoms with van der Waals surface area (Å²) in [4.78, 5) is 44.4. The normalized spacial score (nSPS) is 11.4. The molecule has 6 aromatic heterocycles. The number of aromatic nitrogens is 9. The van der Waals surface area contributed by atoms with E-state index in [4.69, 9.17) is 58.1 Å². The molecule has 0 bridgehead atoms. The van der Waals surface area contributed by atoms with E-state index in [1.807, 2.05) is 170 Å². The first-order chi connectivity index (χ1) is 58.9. The van der Waals surface area contributed by atoms with Crippen LogP contribution in [0.1, 0.15) is 0 Å². The SMILES string of the molecule is c1ccc(-c2ccc(-c3nc(-c4cccc(-c5ccccc5)c4)nc(-c4ccc5oc6ccccc6c5c4)n3)cc2)cc1.c1ccc(-c2nc(-c3ccc(-c4ccc5oc6ccccc6c5c4)cc3)nc(-c3ccc4ccccc4c3)n2)cc1.c1ccc(-c2nc(-c3ccc4ccccc4c3)nc(-c3ccc4oc5ccccc5c4c3)n2)cc1. The maximum absolute atomic E-state index is 6.08. The number of fused-ring (bicyclic) bond motifs is 11. The summed E-state index contributed by atoms with van der Waals surface area (Å²) in [7, 11) is 0. The van der Waals surface area contributed by atoms with E-state index < -0.39 is 0 Å². The van der Waals surface area contributed by atoms with Crippen LogP contribution in [0.2, 0.25) is 0 Å². The van der Waals surface area contributed by atoms with Gasteiger partial charge in [0.2, 0.25) is 0 Å². The van der Waals surface area contributed by atoms with Crippen molar-refractivity contribution >= 4 is 87.4 Å². The first-order valence-electron chi connectivity index (χ1n) is 39.4. The third-order valence-electron chi connectivity index (χ3n) is 21.6. The van der Waals surface area contributed by atoms with E-state index in [9.17, 15) is 0 Å². The average Bonchev–Trinajstić information content (AvgIpc) is 1.73. The molecule has 0 saturated heterocycles. The summed E-state index contributed by atoms with van der Waals surface area (Å²) in [6.07, 6.45) is 0. The van der Waals surface area contributed by atoms with Crippen molar-refractivity contribution in [2.45, 2.75) is 0 Å². The van der Waals surface area contributed by atoms with Gasteiger partial charge in [0.05, 0.1) is 0 Å². The van der Waals surface area contributed by atoms with Crippen LogP contribution >= 0.6 is 0 Å². The van der Waals surface area contributed by atoms with Crippen molar-refractivity contribution in [3.05, 3.63) is 406 Å². The second-order valence-corrected chi connectivity index (χ2v) is 29.2. The van der Waals surface area contributed by atoms with Crippen LogP contribution in [0, 0.1) is 0 Å². The first-order valence-corrected chi connectivity index (χ1v) is 39.4. The molecular formula is C107H67N9O3. The fraction of sp³-hybridized carbons (Fsp3) is 0. The molecule has 558 valence electrons. The van der Waals surface area contributed by atoms with E-state index in [2.05, 4.69) is 237 Å². The number of rotatable bonds is 12. The molecule has 0 fully saturated rings. The summed E-state index contributed by atoms with van der Waals surface area (Å²) in [6.45, 7) is 0. The molecule has 0 amide bonds. The fourth-order valence-electron chi connectivity index (χ4n) is 15.5. The Morgan fingerprint density at radius 1 is 0.118 bits per heavy atom. The summed E-state index contributed by atoms with van der Waals surface area (Å²) in [5, 5.41) is 11.2. The molecule has 119 heavy (non-hydrogen) atoms. The van der Waals surface area contributed by atoms with Crippen molar-refractivity contribution < 1.29 is 13.3 Å². The number of nitrogens with zero attached hydrogens (tertiary/aromatic N) is 9. The minimum Gasteiger partial charge on any atom is -0.456 e. The van der Waals surface area contributed by atoms with E-state index >= 15 is 0 Å². The average molecular weight is 1530 g/mol. The minimum atomic E-state index is 0.615. The number of hydrogen-bond donors (Lipinski definition) is 0. The molecule has 17 aromatic carbocycles. The lowest BCUT2D eigenvalue weighted by Crippen LogP contribution is -2.00. The van der Waals surface area contributed by atoms with Gasteiger partial charge >= 0.3 is 0 Å². The molecule has 0 aliphatic rings. The Labute approximate surface area is 683 Å². The van der Waals surface area contributed by atoms with E-state index in [-0.39, 0.29) is 0 Å². The van der Waals surface area contributed by atoms with Crippen molar-refractivity contribution in [3.63, 3.8) is 0 Å². The van der Waals surface area contributed by atoms with Gasteiger partial charge in [0.15, 0.2) is 52.4 Å². The van der Waals surface area contributed by atoms with Crippen LogP contribution in [0.25, 0.3) is 223 Å². The Hall–Kier alpha value is -16.3. The van der Waals surface area contributed by atoms with Crippen molar-refractivity contribution in [3.8, 4) is 136 Å². The molecule has 0 aliphatic carbocycles. The maximum Gasteiger partial charge on any atom is 0.164 e. The van der Waals surface area contributed by atoms with Gasteiger partial charge in [-0.2, -0.15) is 0 Å². The Kier molecular flexibility index (Phi) is 18.3. The van der Waals surface area contributed by atoms with Crippen molar-refractivity contribution in [2.75, 3.05) is 0 Å². The Morgan fingerprint density at radius 3 is 0.714 bits per heavy atom. The molecule has 0 unspecified atom stereocenters. The Morgan fingerprint density at radius 2 is 0.328 bits per heavy atom. The summed E-state index contributed by atoms with van der Waals surface area (Å²) < 4.78 is 18.1. The molecule has 0 saturated carbocycles. The van der Waals surface area contributed by atoms with Gasteiger partial charge in [-0.25, -0.2) is 44.9 Å². The second kappa shape index (κ2) is 30.9. The standard InChI is InChI=1S/C39H25N3O.C37H23N3O.C31H19N3O/c1-3-10-26(11-4-1)28-18-20-29(21-19-28)37-40-38(31-15-9-14-30(24-31)27-12-5-2-6-13-27)42-39(41-37)32-22-23-36-34(25-32)33-16-7-8-17-35(33)43-36;1-2-9-26(10-3-1)35-38-36(40-37(39-35)30-19-16-24-8-4-5-11-28(24)22-30)27-17-14-25(15-18-27)29-20-21-34-32(23-29)31-12-6-7-13-33(31)41-34;1-2-9-21(10-3-1)29-32-30(23-15-14-20-8-4-5-11-22(20)18-23)34-31(33-29)24-16-17-28-26(19-24)25-12-6-7-13-27(25)35-28/h1-25H;1-23H;1-19H. The highest BCUT2D eigenvalue weighted by molar-refractivity contribution is 6.08. The van der Waals surface area contributed by atoms with Crippen LogP contribution < -0.4 is 0 Å². The lowest BCUT2D eigenvalue weighted by molar-refractivity contribution is 0.668. The fourth-order valence-corrected chi connectivity index (χ4v) is 15.5. The zero-order valence-corrected chi connectivity index (χ0v) is 63.9.